The summed E-state index contributed by atoms with van der Waals surface area (Å²) in [4.78, 5) is 33.3. The summed E-state index contributed by atoms with van der Waals surface area (Å²) in [5, 5.41) is 4.43. The fraction of sp³-hybridized carbons (Fsp3) is 0.433. The van der Waals surface area contributed by atoms with E-state index in [1.54, 1.807) is 21.2 Å². The molecule has 1 amide bonds. The first-order valence-corrected chi connectivity index (χ1v) is 14.9. The van der Waals surface area contributed by atoms with Gasteiger partial charge in [0.25, 0.3) is 5.56 Å². The Bertz CT molecular complexity index is 1400. The lowest BCUT2D eigenvalue weighted by molar-refractivity contribution is -0.132. The maximum Gasteiger partial charge on any atom is 0.264 e. The highest BCUT2D eigenvalue weighted by Crippen LogP contribution is 2.36. The van der Waals surface area contributed by atoms with E-state index < -0.39 is 11.6 Å². The third kappa shape index (κ3) is 7.52. The van der Waals surface area contributed by atoms with Crippen LogP contribution in [0.2, 0.25) is 0 Å². The summed E-state index contributed by atoms with van der Waals surface area (Å²) in [5.41, 5.74) is 2.10. The smallest absolute Gasteiger partial charge is 0.264 e. The van der Waals surface area contributed by atoms with E-state index in [0.29, 0.717) is 56.5 Å². The van der Waals surface area contributed by atoms with Crippen LogP contribution < -0.4 is 15.6 Å². The maximum absolute atomic E-state index is 13.7. The number of carbonyl (C=O) groups is 1. The molecule has 0 atom stereocenters. The van der Waals surface area contributed by atoms with Gasteiger partial charge in [-0.3, -0.25) is 14.2 Å². The van der Waals surface area contributed by atoms with Crippen molar-refractivity contribution in [2.45, 2.75) is 49.1 Å². The summed E-state index contributed by atoms with van der Waals surface area (Å²) in [6.45, 7) is 2.77. The highest BCUT2D eigenvalue weighted by molar-refractivity contribution is 7.99. The van der Waals surface area contributed by atoms with Crippen LogP contribution in [0.25, 0.3) is 5.69 Å². The van der Waals surface area contributed by atoms with Crippen LogP contribution >= 0.6 is 11.8 Å². The van der Waals surface area contributed by atoms with Gasteiger partial charge in [0.15, 0.2) is 16.8 Å². The molecule has 218 valence electrons. The maximum atomic E-state index is 13.7. The number of para-hydroxylation sites is 1. The number of ether oxygens (including phenoxy) is 2. The largest absolute Gasteiger partial charge is 0.491 e. The van der Waals surface area contributed by atoms with E-state index in [0.717, 1.165) is 41.5 Å². The van der Waals surface area contributed by atoms with Crippen molar-refractivity contribution in [3.05, 3.63) is 81.8 Å². The summed E-state index contributed by atoms with van der Waals surface area (Å²) < 4.78 is 38.7. The van der Waals surface area contributed by atoms with Gasteiger partial charge in [0.2, 0.25) is 5.91 Å². The average molecular weight is 585 g/mol. The molecule has 0 unspecified atom stereocenters. The molecule has 8 nitrogen and oxygen atoms in total. The van der Waals surface area contributed by atoms with Crippen LogP contribution in [0, 0.1) is 11.6 Å². The molecular formula is C30H34F2N4O4S. The highest BCUT2D eigenvalue weighted by Gasteiger charge is 2.28. The molecule has 0 radical (unpaired) electrons. The Morgan fingerprint density at radius 3 is 2.63 bits per heavy atom. The van der Waals surface area contributed by atoms with Gasteiger partial charge in [-0.25, -0.2) is 13.8 Å². The van der Waals surface area contributed by atoms with Gasteiger partial charge in [0.1, 0.15) is 12.4 Å². The number of carbonyl (C=O) groups excluding carboxylic acids is 1. The van der Waals surface area contributed by atoms with Crippen molar-refractivity contribution in [1.29, 1.82) is 0 Å². The van der Waals surface area contributed by atoms with Crippen LogP contribution in [0.5, 0.6) is 5.75 Å². The lowest BCUT2D eigenvalue weighted by Crippen LogP contribution is -2.42. The number of nitrogens with one attached hydrogen (secondary N) is 1. The Balaban J connectivity index is 1.07. The summed E-state index contributed by atoms with van der Waals surface area (Å²) in [6.07, 6.45) is 4.38. The van der Waals surface area contributed by atoms with Crippen molar-refractivity contribution >= 4 is 17.7 Å². The van der Waals surface area contributed by atoms with Crippen LogP contribution in [-0.4, -0.2) is 65.1 Å². The molecule has 0 saturated heterocycles. The molecule has 0 spiro atoms. The standard InChI is InChI=1S/C30H34F2N4O4S/c31-25-10-9-22(19-26(25)32)40-18-17-39-16-14-33-13-11-28(37)35-15-12-27-24(20-35)29(38)36(21-5-2-1-3-6-21)30(34-27)41-23-7-4-8-23/h1-3,5-6,9-10,19,23,33H,4,7-8,11-18,20H2. The molecule has 1 aliphatic heterocycles. The lowest BCUT2D eigenvalue weighted by Gasteiger charge is -2.30. The first kappa shape index (κ1) is 29.2. The number of benzene rings is 2. The molecule has 2 heterocycles. The van der Waals surface area contributed by atoms with Crippen molar-refractivity contribution in [3.63, 3.8) is 0 Å². The third-order valence-electron chi connectivity index (χ3n) is 7.22. The number of amides is 1. The Morgan fingerprint density at radius 2 is 1.88 bits per heavy atom. The van der Waals surface area contributed by atoms with E-state index in [4.69, 9.17) is 14.5 Å². The molecule has 1 fully saturated rings. The van der Waals surface area contributed by atoms with E-state index in [1.165, 1.54) is 12.5 Å². The van der Waals surface area contributed by atoms with E-state index >= 15 is 0 Å². The minimum absolute atomic E-state index is 0.0115. The Labute approximate surface area is 242 Å². The Morgan fingerprint density at radius 1 is 1.05 bits per heavy atom. The molecule has 1 saturated carbocycles. The summed E-state index contributed by atoms with van der Waals surface area (Å²) >= 11 is 1.69. The lowest BCUT2D eigenvalue weighted by atomic mass is 10.0. The van der Waals surface area contributed by atoms with E-state index in [-0.39, 0.29) is 30.4 Å². The quantitative estimate of drug-likeness (QED) is 0.239. The summed E-state index contributed by atoms with van der Waals surface area (Å²) in [5.74, 6) is -1.64. The van der Waals surface area contributed by atoms with Crippen molar-refractivity contribution in [2.24, 2.45) is 0 Å². The summed E-state index contributed by atoms with van der Waals surface area (Å²) in [6, 6.07) is 13.0. The monoisotopic (exact) mass is 584 g/mol. The number of halogens is 2. The van der Waals surface area contributed by atoms with Crippen LogP contribution in [-0.2, 0) is 22.5 Å². The van der Waals surface area contributed by atoms with Crippen molar-refractivity contribution in [2.75, 3.05) is 39.5 Å². The van der Waals surface area contributed by atoms with Gasteiger partial charge >= 0.3 is 0 Å². The van der Waals surface area contributed by atoms with E-state index in [9.17, 15) is 18.4 Å². The number of hydrogen-bond donors (Lipinski definition) is 1. The normalized spacial score (nSPS) is 14.9. The second-order valence-electron chi connectivity index (χ2n) is 10.1. The first-order chi connectivity index (χ1) is 20.0. The van der Waals surface area contributed by atoms with Crippen LogP contribution in [0.3, 0.4) is 0 Å². The van der Waals surface area contributed by atoms with E-state index in [2.05, 4.69) is 5.32 Å². The Hall–Kier alpha value is -3.28. The average Bonchev–Trinajstić information content (AvgIpc) is 2.96. The molecule has 5 rings (SSSR count). The summed E-state index contributed by atoms with van der Waals surface area (Å²) in [7, 11) is 0. The number of rotatable bonds is 13. The van der Waals surface area contributed by atoms with Crippen molar-refractivity contribution in [1.82, 2.24) is 19.8 Å². The number of hydrogen-bond acceptors (Lipinski definition) is 7. The van der Waals surface area contributed by atoms with Gasteiger partial charge in [-0.2, -0.15) is 0 Å². The molecule has 2 aliphatic rings. The molecule has 1 N–H and O–H groups in total. The predicted octanol–water partition coefficient (Wildman–Crippen LogP) is 4.12. The molecule has 3 aromatic rings. The van der Waals surface area contributed by atoms with Gasteiger partial charge in [-0.05, 0) is 37.1 Å². The van der Waals surface area contributed by atoms with Gasteiger partial charge in [-0.15, -0.1) is 0 Å². The molecule has 2 aromatic carbocycles. The van der Waals surface area contributed by atoms with Crippen LogP contribution in [0.1, 0.15) is 36.9 Å². The van der Waals surface area contributed by atoms with Crippen LogP contribution in [0.15, 0.2) is 58.5 Å². The van der Waals surface area contributed by atoms with Gasteiger partial charge in [0.05, 0.1) is 36.7 Å². The Kier molecular flexibility index (Phi) is 10.0. The van der Waals surface area contributed by atoms with Gasteiger partial charge in [-0.1, -0.05) is 36.4 Å². The molecule has 1 aromatic heterocycles. The zero-order valence-electron chi connectivity index (χ0n) is 22.8. The highest BCUT2D eigenvalue weighted by atomic mass is 32.2. The fourth-order valence-corrected chi connectivity index (χ4v) is 6.02. The molecule has 11 heteroatoms. The van der Waals surface area contributed by atoms with Gasteiger partial charge in [0, 0.05) is 43.8 Å². The number of fused-ring (bicyclic) bond motifs is 1. The van der Waals surface area contributed by atoms with Crippen molar-refractivity contribution in [3.8, 4) is 11.4 Å². The molecule has 1 aliphatic carbocycles. The van der Waals surface area contributed by atoms with E-state index in [1.807, 2.05) is 30.3 Å². The topological polar surface area (TPSA) is 85.7 Å². The van der Waals surface area contributed by atoms with Crippen LogP contribution in [0.4, 0.5) is 8.78 Å². The second kappa shape index (κ2) is 14.1. The number of aromatic nitrogens is 2. The second-order valence-corrected chi connectivity index (χ2v) is 11.3. The zero-order valence-corrected chi connectivity index (χ0v) is 23.6. The number of nitrogens with zero attached hydrogens (tertiary/aromatic N) is 3. The first-order valence-electron chi connectivity index (χ1n) is 14.0. The SMILES string of the molecule is O=C(CCNCCOCCOc1ccc(F)c(F)c1)N1CCc2nc(SC3CCC3)n(-c3ccccc3)c(=O)c2C1. The molecular weight excluding hydrogens is 550 g/mol. The number of thioether (sulfide) groups is 1. The minimum Gasteiger partial charge on any atom is -0.491 e. The van der Waals surface area contributed by atoms with Gasteiger partial charge < -0.3 is 19.7 Å². The minimum atomic E-state index is -0.954. The molecule has 41 heavy (non-hydrogen) atoms. The fourth-order valence-electron chi connectivity index (χ4n) is 4.70. The predicted molar refractivity (Wildman–Crippen MR) is 153 cm³/mol. The molecule has 0 bridgehead atoms. The third-order valence-corrected chi connectivity index (χ3v) is 8.51. The van der Waals surface area contributed by atoms with Crippen molar-refractivity contribution < 1.29 is 23.0 Å². The zero-order chi connectivity index (χ0) is 28.6.